The minimum atomic E-state index is 0.715. The highest BCUT2D eigenvalue weighted by molar-refractivity contribution is 9.10. The van der Waals surface area contributed by atoms with Gasteiger partial charge in [0, 0.05) is 23.1 Å². The molecule has 1 aromatic carbocycles. The van der Waals surface area contributed by atoms with Crippen LogP contribution in [0.15, 0.2) is 28.7 Å². The first kappa shape index (κ1) is 13.6. The molecule has 1 aliphatic carbocycles. The van der Waals surface area contributed by atoms with Gasteiger partial charge in [0.1, 0.15) is 0 Å². The molecule has 19 heavy (non-hydrogen) atoms. The summed E-state index contributed by atoms with van der Waals surface area (Å²) in [5.41, 5.74) is 1.49. The van der Waals surface area contributed by atoms with Gasteiger partial charge in [0.2, 0.25) is 0 Å². The SMILES string of the molecule is CN1CCCC(NC2CC(c3cccc(Br)c3)C2)C1. The van der Waals surface area contributed by atoms with Crippen molar-refractivity contribution in [2.45, 2.75) is 43.7 Å². The van der Waals surface area contributed by atoms with E-state index in [9.17, 15) is 0 Å². The second-order valence-electron chi connectivity index (χ2n) is 6.19. The van der Waals surface area contributed by atoms with Gasteiger partial charge in [0.15, 0.2) is 0 Å². The van der Waals surface area contributed by atoms with Gasteiger partial charge in [-0.2, -0.15) is 0 Å². The molecule has 1 N–H and O–H groups in total. The molecule has 3 heteroatoms. The third-order valence-corrected chi connectivity index (χ3v) is 5.05. The van der Waals surface area contributed by atoms with Gasteiger partial charge in [-0.25, -0.2) is 0 Å². The zero-order chi connectivity index (χ0) is 13.2. The van der Waals surface area contributed by atoms with Gasteiger partial charge >= 0.3 is 0 Å². The van der Waals surface area contributed by atoms with E-state index in [1.807, 2.05) is 0 Å². The number of hydrogen-bond donors (Lipinski definition) is 1. The molecule has 1 unspecified atom stereocenters. The predicted octanol–water partition coefficient (Wildman–Crippen LogP) is 3.38. The van der Waals surface area contributed by atoms with Gasteiger partial charge in [-0.3, -0.25) is 0 Å². The van der Waals surface area contributed by atoms with Gasteiger partial charge in [-0.15, -0.1) is 0 Å². The molecule has 3 rings (SSSR count). The fourth-order valence-corrected chi connectivity index (χ4v) is 3.84. The number of hydrogen-bond acceptors (Lipinski definition) is 2. The molecule has 0 spiro atoms. The maximum absolute atomic E-state index is 3.85. The molecule has 0 bridgehead atoms. The molecule has 1 aliphatic heterocycles. The van der Waals surface area contributed by atoms with Crippen LogP contribution in [0.25, 0.3) is 0 Å². The van der Waals surface area contributed by atoms with E-state index in [1.165, 1.54) is 48.8 Å². The molecule has 1 aromatic rings. The van der Waals surface area contributed by atoms with Crippen molar-refractivity contribution < 1.29 is 0 Å². The Morgan fingerprint density at radius 2 is 2.11 bits per heavy atom. The Morgan fingerprint density at radius 3 is 2.84 bits per heavy atom. The molecule has 0 amide bonds. The Morgan fingerprint density at radius 1 is 1.26 bits per heavy atom. The molecule has 1 saturated carbocycles. The number of rotatable bonds is 3. The normalized spacial score (nSPS) is 32.0. The average molecular weight is 323 g/mol. The summed E-state index contributed by atoms with van der Waals surface area (Å²) in [7, 11) is 2.24. The maximum atomic E-state index is 3.85. The van der Waals surface area contributed by atoms with Crippen molar-refractivity contribution in [1.82, 2.24) is 10.2 Å². The Kier molecular flexibility index (Phi) is 4.25. The van der Waals surface area contributed by atoms with Crippen molar-refractivity contribution >= 4 is 15.9 Å². The monoisotopic (exact) mass is 322 g/mol. The first-order chi connectivity index (χ1) is 9.20. The minimum Gasteiger partial charge on any atom is -0.310 e. The molecule has 1 saturated heterocycles. The van der Waals surface area contributed by atoms with Crippen molar-refractivity contribution in [1.29, 1.82) is 0 Å². The number of nitrogens with one attached hydrogen (secondary N) is 1. The Bertz CT molecular complexity index is 429. The molecule has 0 radical (unpaired) electrons. The number of nitrogens with zero attached hydrogens (tertiary/aromatic N) is 1. The molecular formula is C16H23BrN2. The lowest BCUT2D eigenvalue weighted by molar-refractivity contribution is 0.185. The number of likely N-dealkylation sites (N-methyl/N-ethyl adjacent to an activating group) is 1. The summed E-state index contributed by atoms with van der Waals surface area (Å²) in [5, 5.41) is 3.85. The van der Waals surface area contributed by atoms with Crippen molar-refractivity contribution in [3.8, 4) is 0 Å². The van der Waals surface area contributed by atoms with E-state index in [0.717, 1.165) is 12.0 Å². The largest absolute Gasteiger partial charge is 0.310 e. The lowest BCUT2D eigenvalue weighted by Crippen LogP contribution is -2.51. The van der Waals surface area contributed by atoms with E-state index in [4.69, 9.17) is 0 Å². The van der Waals surface area contributed by atoms with Crippen LogP contribution in [-0.4, -0.2) is 37.1 Å². The van der Waals surface area contributed by atoms with Gasteiger partial charge in [-0.05, 0) is 62.9 Å². The highest BCUT2D eigenvalue weighted by Gasteiger charge is 2.32. The fraction of sp³-hybridized carbons (Fsp3) is 0.625. The molecule has 2 nitrogen and oxygen atoms in total. The topological polar surface area (TPSA) is 15.3 Å². The van der Waals surface area contributed by atoms with Gasteiger partial charge < -0.3 is 10.2 Å². The highest BCUT2D eigenvalue weighted by Crippen LogP contribution is 2.38. The molecule has 1 atom stereocenters. The van der Waals surface area contributed by atoms with Crippen LogP contribution in [0, 0.1) is 0 Å². The van der Waals surface area contributed by atoms with Crippen LogP contribution in [0.2, 0.25) is 0 Å². The molecule has 1 heterocycles. The third kappa shape index (κ3) is 3.39. The Labute approximate surface area is 124 Å². The van der Waals surface area contributed by atoms with Crippen LogP contribution in [0.3, 0.4) is 0 Å². The van der Waals surface area contributed by atoms with E-state index in [2.05, 4.69) is 57.5 Å². The summed E-state index contributed by atoms with van der Waals surface area (Å²) >= 11 is 3.56. The minimum absolute atomic E-state index is 0.715. The Hall–Kier alpha value is -0.380. The summed E-state index contributed by atoms with van der Waals surface area (Å²) < 4.78 is 1.20. The number of benzene rings is 1. The van der Waals surface area contributed by atoms with Crippen LogP contribution in [0.1, 0.15) is 37.2 Å². The van der Waals surface area contributed by atoms with Gasteiger partial charge in [-0.1, -0.05) is 28.1 Å². The van der Waals surface area contributed by atoms with Crippen LogP contribution in [0.5, 0.6) is 0 Å². The van der Waals surface area contributed by atoms with Crippen molar-refractivity contribution in [3.05, 3.63) is 34.3 Å². The summed E-state index contributed by atoms with van der Waals surface area (Å²) in [4.78, 5) is 2.45. The van der Waals surface area contributed by atoms with E-state index < -0.39 is 0 Å². The van der Waals surface area contributed by atoms with Crippen molar-refractivity contribution in [2.24, 2.45) is 0 Å². The summed E-state index contributed by atoms with van der Waals surface area (Å²) in [5.74, 6) is 0.760. The standard InChI is InChI=1S/C16H23BrN2/c1-19-7-3-6-15(11-19)18-16-9-13(10-16)12-4-2-5-14(17)8-12/h2,4-5,8,13,15-16,18H,3,6-7,9-11H2,1H3. The lowest BCUT2D eigenvalue weighted by Gasteiger charge is -2.41. The zero-order valence-electron chi connectivity index (χ0n) is 11.6. The van der Waals surface area contributed by atoms with Crippen LogP contribution in [0.4, 0.5) is 0 Å². The summed E-state index contributed by atoms with van der Waals surface area (Å²) in [6, 6.07) is 10.2. The van der Waals surface area contributed by atoms with Crippen LogP contribution in [-0.2, 0) is 0 Å². The number of halogens is 1. The highest BCUT2D eigenvalue weighted by atomic mass is 79.9. The molecule has 2 aliphatic rings. The van der Waals surface area contributed by atoms with E-state index >= 15 is 0 Å². The maximum Gasteiger partial charge on any atom is 0.0197 e. The fourth-order valence-electron chi connectivity index (χ4n) is 3.42. The van der Waals surface area contributed by atoms with Crippen LogP contribution >= 0.6 is 15.9 Å². The molecular weight excluding hydrogens is 300 g/mol. The third-order valence-electron chi connectivity index (χ3n) is 4.55. The Balaban J connectivity index is 1.47. The van der Waals surface area contributed by atoms with E-state index in [-0.39, 0.29) is 0 Å². The zero-order valence-corrected chi connectivity index (χ0v) is 13.2. The summed E-state index contributed by atoms with van der Waals surface area (Å²) in [6.45, 7) is 2.49. The quantitative estimate of drug-likeness (QED) is 0.917. The van der Waals surface area contributed by atoms with Gasteiger partial charge in [0.25, 0.3) is 0 Å². The van der Waals surface area contributed by atoms with Crippen molar-refractivity contribution in [3.63, 3.8) is 0 Å². The first-order valence-corrected chi connectivity index (χ1v) is 8.20. The van der Waals surface area contributed by atoms with E-state index in [1.54, 1.807) is 0 Å². The smallest absolute Gasteiger partial charge is 0.0197 e. The first-order valence-electron chi connectivity index (χ1n) is 7.41. The van der Waals surface area contributed by atoms with Gasteiger partial charge in [0.05, 0.1) is 0 Å². The summed E-state index contributed by atoms with van der Waals surface area (Å²) in [6.07, 6.45) is 5.30. The average Bonchev–Trinajstić information content (AvgIpc) is 2.33. The number of piperidine rings is 1. The second-order valence-corrected chi connectivity index (χ2v) is 7.10. The molecule has 0 aromatic heterocycles. The predicted molar refractivity (Wildman–Crippen MR) is 83.6 cm³/mol. The lowest BCUT2D eigenvalue weighted by atomic mass is 9.75. The van der Waals surface area contributed by atoms with Crippen molar-refractivity contribution in [2.75, 3.05) is 20.1 Å². The second kappa shape index (κ2) is 5.94. The van der Waals surface area contributed by atoms with E-state index in [0.29, 0.717) is 6.04 Å². The molecule has 104 valence electrons. The van der Waals surface area contributed by atoms with Crippen LogP contribution < -0.4 is 5.32 Å². The number of likely N-dealkylation sites (tertiary alicyclic amines) is 1. The molecule has 2 fully saturated rings.